The van der Waals surface area contributed by atoms with Crippen molar-refractivity contribution in [1.29, 1.82) is 5.26 Å². The Bertz CT molecular complexity index is 1950. The number of hydrogen-bond donors (Lipinski definition) is 0. The van der Waals surface area contributed by atoms with Crippen LogP contribution in [0.4, 0.5) is 0 Å². The van der Waals surface area contributed by atoms with E-state index in [-0.39, 0.29) is 5.41 Å². The maximum absolute atomic E-state index is 9.67. The highest BCUT2D eigenvalue weighted by Gasteiger charge is 2.33. The smallest absolute Gasteiger partial charge is 0.200 e. The molecule has 6 rings (SSSR count). The fourth-order valence-electron chi connectivity index (χ4n) is 6.89. The maximum atomic E-state index is 9.67. The molecule has 0 fully saturated rings. The number of fused-ring (bicyclic) bond motifs is 5. The van der Waals surface area contributed by atoms with E-state index in [2.05, 4.69) is 114 Å². The lowest BCUT2D eigenvalue weighted by molar-refractivity contribution is -0.659. The Morgan fingerprint density at radius 3 is 2.26 bits per heavy atom. The second-order valence-corrected chi connectivity index (χ2v) is 15.8. The monoisotopic (exact) mass is 571 g/mol. The second kappa shape index (κ2) is 10.1. The van der Waals surface area contributed by atoms with E-state index < -0.39 is 5.41 Å². The second-order valence-electron chi connectivity index (χ2n) is 14.8. The van der Waals surface area contributed by atoms with Crippen molar-refractivity contribution < 1.29 is 4.57 Å². The number of benzene rings is 4. The van der Waals surface area contributed by atoms with E-state index in [0.717, 1.165) is 19.3 Å². The summed E-state index contributed by atoms with van der Waals surface area (Å²) in [6, 6.07) is 21.2. The van der Waals surface area contributed by atoms with Crippen molar-refractivity contribution in [3.63, 3.8) is 0 Å². The van der Waals surface area contributed by atoms with E-state index >= 15 is 0 Å². The van der Waals surface area contributed by atoms with Gasteiger partial charge < -0.3 is 0 Å². The Labute approximate surface area is 255 Å². The Morgan fingerprint density at radius 2 is 1.57 bits per heavy atom. The van der Waals surface area contributed by atoms with Crippen LogP contribution in [0, 0.1) is 35.0 Å². The van der Waals surface area contributed by atoms with Gasteiger partial charge in [-0.1, -0.05) is 82.8 Å². The molecule has 0 N–H and O–H groups in total. The maximum Gasteiger partial charge on any atom is 0.222 e. The molecule has 0 saturated carbocycles. The van der Waals surface area contributed by atoms with Crippen LogP contribution in [0.2, 0.25) is 0 Å². The summed E-state index contributed by atoms with van der Waals surface area (Å²) in [4.78, 5) is 2.76. The van der Waals surface area contributed by atoms with Gasteiger partial charge in [-0.2, -0.15) is 5.26 Å². The number of pyridine rings is 1. The molecule has 0 aliphatic carbocycles. The molecule has 1 aromatic heterocycles. The van der Waals surface area contributed by atoms with E-state index in [4.69, 9.17) is 0 Å². The van der Waals surface area contributed by atoms with Gasteiger partial charge in [0.15, 0.2) is 6.20 Å². The molecule has 5 aromatic rings. The summed E-state index contributed by atoms with van der Waals surface area (Å²) in [5, 5.41) is 17.7. The lowest BCUT2D eigenvalue weighted by Crippen LogP contribution is -2.32. The van der Waals surface area contributed by atoms with Crippen molar-refractivity contribution >= 4 is 44.1 Å². The fraction of sp³-hybridized carbons (Fsp3) is 0.385. The van der Waals surface area contributed by atoms with Gasteiger partial charge in [-0.15, -0.1) is 0 Å². The Hall–Kier alpha value is -3.35. The van der Waals surface area contributed by atoms with Gasteiger partial charge in [-0.05, 0) is 101 Å². The summed E-state index contributed by atoms with van der Waals surface area (Å²) >= 11 is 1.97. The molecular weight excluding hydrogens is 529 g/mol. The highest BCUT2D eigenvalue weighted by atomic mass is 32.2. The molecule has 0 radical (unpaired) electrons. The van der Waals surface area contributed by atoms with Gasteiger partial charge in [-0.3, -0.25) is 0 Å². The first-order valence-corrected chi connectivity index (χ1v) is 16.1. The van der Waals surface area contributed by atoms with Crippen LogP contribution in [0.25, 0.3) is 43.6 Å². The standard InChI is InChI=1S/C39H43N2S/c1-23(2)16-25-11-13-28-30(17-25)24(3)34-36-35-29(14-15-41(36)9)31-18-26(20-39(7,8)22-40)10-12-27(31)19-33(35)42-37(34)32(28)21-38(4,5)6/h10-15,17-19,23H,16,20-21H2,1-9H3/q+1. The summed E-state index contributed by atoms with van der Waals surface area (Å²) in [6.45, 7) is 18.1. The lowest BCUT2D eigenvalue weighted by Gasteiger charge is -2.28. The van der Waals surface area contributed by atoms with Gasteiger partial charge in [-0.25, -0.2) is 4.57 Å². The largest absolute Gasteiger partial charge is 0.222 e. The fourth-order valence-corrected chi connectivity index (χ4v) is 8.27. The predicted octanol–water partition coefficient (Wildman–Crippen LogP) is 10.3. The van der Waals surface area contributed by atoms with E-state index in [1.165, 1.54) is 75.6 Å². The number of nitrogens with zero attached hydrogens (tertiary/aromatic N) is 2. The average Bonchev–Trinajstić information content (AvgIpc) is 2.91. The quantitative estimate of drug-likeness (QED) is 0.152. The average molecular weight is 572 g/mol. The molecule has 2 heterocycles. The van der Waals surface area contributed by atoms with Crippen LogP contribution >= 0.6 is 11.8 Å². The van der Waals surface area contributed by atoms with E-state index in [1.54, 1.807) is 0 Å². The molecule has 42 heavy (non-hydrogen) atoms. The van der Waals surface area contributed by atoms with Crippen molar-refractivity contribution in [2.24, 2.45) is 23.8 Å². The number of aryl methyl sites for hydroxylation is 2. The molecule has 1 aliphatic rings. The van der Waals surface area contributed by atoms with E-state index in [9.17, 15) is 5.26 Å². The summed E-state index contributed by atoms with van der Waals surface area (Å²) in [5.74, 6) is 0.625. The molecule has 0 bridgehead atoms. The predicted molar refractivity (Wildman–Crippen MR) is 179 cm³/mol. The minimum absolute atomic E-state index is 0.165. The highest BCUT2D eigenvalue weighted by Crippen LogP contribution is 2.53. The lowest BCUT2D eigenvalue weighted by atomic mass is 9.82. The first kappa shape index (κ1) is 28.8. The van der Waals surface area contributed by atoms with Crippen molar-refractivity contribution in [1.82, 2.24) is 0 Å². The third-order valence-electron chi connectivity index (χ3n) is 8.70. The first-order chi connectivity index (χ1) is 19.8. The van der Waals surface area contributed by atoms with Gasteiger partial charge >= 0.3 is 0 Å². The number of nitriles is 1. The molecule has 214 valence electrons. The Morgan fingerprint density at radius 1 is 0.857 bits per heavy atom. The summed E-state index contributed by atoms with van der Waals surface area (Å²) in [6.07, 6.45) is 5.12. The minimum atomic E-state index is -0.392. The molecule has 0 atom stereocenters. The van der Waals surface area contributed by atoms with Gasteiger partial charge in [0.1, 0.15) is 7.05 Å². The zero-order valence-electron chi connectivity index (χ0n) is 26.7. The first-order valence-electron chi connectivity index (χ1n) is 15.3. The number of aromatic nitrogens is 1. The van der Waals surface area contributed by atoms with Gasteiger partial charge in [0.25, 0.3) is 0 Å². The third-order valence-corrected chi connectivity index (χ3v) is 9.90. The minimum Gasteiger partial charge on any atom is -0.200 e. The van der Waals surface area contributed by atoms with Crippen molar-refractivity contribution in [2.75, 3.05) is 0 Å². The van der Waals surface area contributed by atoms with Crippen LogP contribution in [0.1, 0.15) is 70.7 Å². The summed E-state index contributed by atoms with van der Waals surface area (Å²) < 4.78 is 2.34. The van der Waals surface area contributed by atoms with Gasteiger partial charge in [0.2, 0.25) is 5.69 Å². The van der Waals surface area contributed by atoms with E-state index in [1.807, 2.05) is 25.6 Å². The molecule has 0 amide bonds. The highest BCUT2D eigenvalue weighted by molar-refractivity contribution is 8.00. The molecule has 4 aromatic carbocycles. The van der Waals surface area contributed by atoms with Crippen LogP contribution in [0.15, 0.2) is 64.5 Å². The summed E-state index contributed by atoms with van der Waals surface area (Å²) in [5.41, 5.74) is 8.00. The topological polar surface area (TPSA) is 27.7 Å². The van der Waals surface area contributed by atoms with Crippen LogP contribution in [0.3, 0.4) is 0 Å². The molecule has 3 heteroatoms. The van der Waals surface area contributed by atoms with Crippen molar-refractivity contribution in [3.8, 4) is 17.3 Å². The molecule has 0 saturated heterocycles. The van der Waals surface area contributed by atoms with Crippen molar-refractivity contribution in [2.45, 2.75) is 84.4 Å². The molecular formula is C39H43N2S+. The molecule has 0 spiro atoms. The zero-order valence-corrected chi connectivity index (χ0v) is 27.5. The Balaban J connectivity index is 1.69. The van der Waals surface area contributed by atoms with Crippen LogP contribution in [-0.2, 0) is 26.3 Å². The van der Waals surface area contributed by atoms with Gasteiger partial charge in [0.05, 0.1) is 22.4 Å². The number of rotatable bonds is 5. The van der Waals surface area contributed by atoms with Crippen LogP contribution in [-0.4, -0.2) is 0 Å². The molecule has 2 nitrogen and oxygen atoms in total. The van der Waals surface area contributed by atoms with Gasteiger partial charge in [0, 0.05) is 21.2 Å². The number of hydrogen-bond acceptors (Lipinski definition) is 2. The zero-order chi connectivity index (χ0) is 30.1. The Kier molecular flexibility index (Phi) is 6.94. The molecule has 0 unspecified atom stereocenters. The van der Waals surface area contributed by atoms with Crippen LogP contribution < -0.4 is 4.57 Å². The van der Waals surface area contributed by atoms with E-state index in [0.29, 0.717) is 5.92 Å². The van der Waals surface area contributed by atoms with Crippen molar-refractivity contribution in [3.05, 3.63) is 77.0 Å². The SMILES string of the molecule is Cc1c2c(c(CC(C)(C)C)c3ccc(CC(C)C)cc13)Sc1cc3ccc(CC(C)(C)C#N)cc3c3cc[n+](C)c-2c13. The molecule has 1 aliphatic heterocycles. The van der Waals surface area contributed by atoms with Crippen LogP contribution in [0.5, 0.6) is 0 Å². The summed E-state index contributed by atoms with van der Waals surface area (Å²) in [7, 11) is 2.20. The third kappa shape index (κ3) is 4.99. The normalized spacial score (nSPS) is 13.3.